The maximum atomic E-state index is 13.1. The van der Waals surface area contributed by atoms with Gasteiger partial charge in [0.2, 0.25) is 5.91 Å². The van der Waals surface area contributed by atoms with Crippen LogP contribution in [0, 0.1) is 0 Å². The van der Waals surface area contributed by atoms with Crippen molar-refractivity contribution >= 4 is 11.8 Å². The van der Waals surface area contributed by atoms with Crippen molar-refractivity contribution in [3.05, 3.63) is 84.0 Å². The minimum atomic E-state index is -0.561. The average Bonchev–Trinajstić information content (AvgIpc) is 3.43. The van der Waals surface area contributed by atoms with Gasteiger partial charge in [-0.2, -0.15) is 0 Å². The smallest absolute Gasteiger partial charge is 0.255 e. The number of nitrogens with one attached hydrogen (secondary N) is 1. The summed E-state index contributed by atoms with van der Waals surface area (Å²) in [5.74, 6) is 0.245. The Morgan fingerprint density at radius 3 is 2.88 bits per heavy atom. The van der Waals surface area contributed by atoms with Gasteiger partial charge in [0, 0.05) is 30.6 Å². The van der Waals surface area contributed by atoms with Crippen LogP contribution in [0.1, 0.15) is 40.0 Å². The Morgan fingerprint density at radius 2 is 2.12 bits per heavy atom. The molecule has 2 aromatic heterocycles. The third-order valence-corrected chi connectivity index (χ3v) is 5.58. The normalized spacial score (nSPS) is 13.5. The highest BCUT2D eigenvalue weighted by Gasteiger charge is 2.37. The summed E-state index contributed by atoms with van der Waals surface area (Å²) >= 11 is 0. The van der Waals surface area contributed by atoms with Gasteiger partial charge >= 0.3 is 0 Å². The highest BCUT2D eigenvalue weighted by Crippen LogP contribution is 2.33. The van der Waals surface area contributed by atoms with Gasteiger partial charge in [0.05, 0.1) is 19.3 Å². The molecule has 1 atom stereocenters. The fourth-order valence-corrected chi connectivity index (χ4v) is 3.89. The number of aromatic nitrogens is 4. The number of hydrogen-bond donors (Lipinski definition) is 1. The molecule has 0 bridgehead atoms. The van der Waals surface area contributed by atoms with E-state index in [9.17, 15) is 9.59 Å². The number of allylic oxidation sites excluding steroid dienone is 1. The van der Waals surface area contributed by atoms with E-state index in [4.69, 9.17) is 4.74 Å². The van der Waals surface area contributed by atoms with E-state index in [0.717, 1.165) is 11.1 Å². The van der Waals surface area contributed by atoms with Crippen molar-refractivity contribution < 1.29 is 14.3 Å². The summed E-state index contributed by atoms with van der Waals surface area (Å²) < 4.78 is 7.76. The molecule has 0 saturated heterocycles. The molecular weight excluding hydrogens is 420 g/mol. The number of carbonyl (C=O) groups is 2. The molecule has 0 aliphatic carbocycles. The van der Waals surface area contributed by atoms with Gasteiger partial charge in [0.1, 0.15) is 24.1 Å². The number of fused-ring (bicyclic) bond motifs is 1. The maximum Gasteiger partial charge on any atom is 0.255 e. The lowest BCUT2D eigenvalue weighted by atomic mass is 10.1. The van der Waals surface area contributed by atoms with Crippen molar-refractivity contribution in [1.29, 1.82) is 0 Å². The Balaban J connectivity index is 1.45. The van der Waals surface area contributed by atoms with Crippen LogP contribution in [0.4, 0.5) is 0 Å². The molecule has 0 fully saturated rings. The molecule has 0 radical (unpaired) electrons. The van der Waals surface area contributed by atoms with Gasteiger partial charge in [0.25, 0.3) is 5.91 Å². The average molecular weight is 447 g/mol. The molecule has 0 saturated carbocycles. The van der Waals surface area contributed by atoms with Crippen LogP contribution >= 0.6 is 0 Å². The van der Waals surface area contributed by atoms with E-state index in [1.807, 2.05) is 24.4 Å². The number of carbonyl (C=O) groups excluding carboxylic acids is 2. The minimum absolute atomic E-state index is 0.170. The quantitative estimate of drug-likeness (QED) is 0.480. The summed E-state index contributed by atoms with van der Waals surface area (Å²) in [4.78, 5) is 31.1. The molecule has 4 rings (SSSR count). The zero-order valence-electron chi connectivity index (χ0n) is 18.5. The molecule has 9 heteroatoms. The molecule has 170 valence electrons. The molecule has 2 amide bonds. The Morgan fingerprint density at radius 1 is 1.30 bits per heavy atom. The van der Waals surface area contributed by atoms with E-state index < -0.39 is 6.04 Å². The van der Waals surface area contributed by atoms with Crippen molar-refractivity contribution in [2.45, 2.75) is 38.6 Å². The largest absolute Gasteiger partial charge is 0.487 e. The molecule has 33 heavy (non-hydrogen) atoms. The fourth-order valence-electron chi connectivity index (χ4n) is 3.89. The zero-order valence-corrected chi connectivity index (χ0v) is 18.5. The molecule has 1 N–H and O–H groups in total. The molecule has 1 aromatic carbocycles. The molecule has 1 unspecified atom stereocenters. The predicted octanol–water partition coefficient (Wildman–Crippen LogP) is 2.34. The van der Waals surface area contributed by atoms with Gasteiger partial charge in [-0.25, -0.2) is 4.68 Å². The van der Waals surface area contributed by atoms with Crippen LogP contribution < -0.4 is 10.1 Å². The molecule has 1 aliphatic rings. The Bertz CT molecular complexity index is 1140. The van der Waals surface area contributed by atoms with Gasteiger partial charge < -0.3 is 15.0 Å². The third kappa shape index (κ3) is 4.92. The van der Waals surface area contributed by atoms with Gasteiger partial charge in [-0.3, -0.25) is 14.6 Å². The van der Waals surface area contributed by atoms with Crippen molar-refractivity contribution in [2.24, 2.45) is 0 Å². The highest BCUT2D eigenvalue weighted by molar-refractivity contribution is 6.01. The summed E-state index contributed by atoms with van der Waals surface area (Å²) in [5.41, 5.74) is 3.08. The van der Waals surface area contributed by atoms with E-state index in [0.29, 0.717) is 42.9 Å². The molecule has 1 aliphatic heterocycles. The minimum Gasteiger partial charge on any atom is -0.487 e. The summed E-state index contributed by atoms with van der Waals surface area (Å²) in [6, 6.07) is 8.67. The molecule has 0 spiro atoms. The van der Waals surface area contributed by atoms with Crippen molar-refractivity contribution in [3.8, 4) is 5.75 Å². The van der Waals surface area contributed by atoms with Crippen LogP contribution in [-0.4, -0.2) is 49.8 Å². The van der Waals surface area contributed by atoms with E-state index in [1.165, 1.54) is 0 Å². The molecule has 3 heterocycles. The molecular formula is C24H26N6O3. The first-order chi connectivity index (χ1) is 16.1. The zero-order chi connectivity index (χ0) is 23.2. The Kier molecular flexibility index (Phi) is 6.77. The Hall–Kier alpha value is -4.01. The fraction of sp³-hybridized carbons (Fsp3) is 0.292. The third-order valence-electron chi connectivity index (χ3n) is 5.58. The Labute approximate surface area is 192 Å². The number of hydrogen-bond acceptors (Lipinski definition) is 6. The van der Waals surface area contributed by atoms with E-state index in [-0.39, 0.29) is 18.4 Å². The monoisotopic (exact) mass is 446 g/mol. The number of rotatable bonds is 10. The van der Waals surface area contributed by atoms with Crippen LogP contribution in [-0.2, 0) is 24.5 Å². The summed E-state index contributed by atoms with van der Waals surface area (Å²) in [6.45, 7) is 4.85. The topological polar surface area (TPSA) is 102 Å². The van der Waals surface area contributed by atoms with E-state index in [2.05, 4.69) is 27.2 Å². The van der Waals surface area contributed by atoms with E-state index >= 15 is 0 Å². The number of amides is 2. The van der Waals surface area contributed by atoms with E-state index in [1.54, 1.807) is 47.2 Å². The molecule has 9 nitrogen and oxygen atoms in total. The second-order valence-electron chi connectivity index (χ2n) is 7.76. The summed E-state index contributed by atoms with van der Waals surface area (Å²) in [5, 5.41) is 11.0. The van der Waals surface area contributed by atoms with Crippen LogP contribution in [0.2, 0.25) is 0 Å². The van der Waals surface area contributed by atoms with Crippen molar-refractivity contribution in [2.75, 3.05) is 7.05 Å². The molecule has 3 aromatic rings. The highest BCUT2D eigenvalue weighted by atomic mass is 16.5. The van der Waals surface area contributed by atoms with Crippen LogP contribution in [0.5, 0.6) is 5.75 Å². The number of ether oxygens (including phenoxy) is 1. The summed E-state index contributed by atoms with van der Waals surface area (Å²) in [6.07, 6.45) is 8.21. The van der Waals surface area contributed by atoms with Gasteiger partial charge in [-0.05, 0) is 42.7 Å². The van der Waals surface area contributed by atoms with Gasteiger partial charge in [0.15, 0.2) is 0 Å². The van der Waals surface area contributed by atoms with Crippen molar-refractivity contribution in [3.63, 3.8) is 0 Å². The predicted molar refractivity (Wildman–Crippen MR) is 121 cm³/mol. The van der Waals surface area contributed by atoms with Crippen molar-refractivity contribution in [1.82, 2.24) is 30.2 Å². The lowest BCUT2D eigenvalue weighted by molar-refractivity contribution is -0.125. The second-order valence-corrected chi connectivity index (χ2v) is 7.76. The first-order valence-corrected chi connectivity index (χ1v) is 10.8. The van der Waals surface area contributed by atoms with Gasteiger partial charge in [-0.1, -0.05) is 17.4 Å². The standard InChI is InChI=1S/C24H26N6O3/c1-3-4-7-21(23(31)25-2)30-15-20-19(24(30)32)6-5-8-22(20)33-16-18-14-29(28-27-18)13-17-9-11-26-12-10-17/h3,5-6,8-12,14,21H,1,4,7,13,15-16H2,2H3,(H,25,31). The number of benzene rings is 1. The lowest BCUT2D eigenvalue weighted by Crippen LogP contribution is -2.46. The van der Waals surface area contributed by atoms with Crippen LogP contribution in [0.15, 0.2) is 61.6 Å². The lowest BCUT2D eigenvalue weighted by Gasteiger charge is -2.26. The SMILES string of the molecule is C=CCCC(C(=O)NC)N1Cc2c(OCc3cn(Cc4ccncc4)nn3)cccc2C1=O. The van der Waals surface area contributed by atoms with Gasteiger partial charge in [-0.15, -0.1) is 11.7 Å². The number of nitrogens with zero attached hydrogens (tertiary/aromatic N) is 5. The summed E-state index contributed by atoms with van der Waals surface area (Å²) in [7, 11) is 1.58. The maximum absolute atomic E-state index is 13.1. The number of likely N-dealkylation sites (N-methyl/N-ethyl adjacent to an activating group) is 1. The first-order valence-electron chi connectivity index (χ1n) is 10.8. The van der Waals surface area contributed by atoms with Crippen LogP contribution in [0.3, 0.4) is 0 Å². The van der Waals surface area contributed by atoms with Crippen LogP contribution in [0.25, 0.3) is 0 Å². The second kappa shape index (κ2) is 10.1. The first kappa shape index (κ1) is 22.2. The number of pyridine rings is 1.